The number of aromatic nitrogens is 1. The van der Waals surface area contributed by atoms with E-state index in [0.717, 1.165) is 43.3 Å². The monoisotopic (exact) mass is 632 g/mol. The first-order valence-corrected chi connectivity index (χ1v) is 14.6. The summed E-state index contributed by atoms with van der Waals surface area (Å²) in [4.78, 5) is 32.5. The normalized spacial score (nSPS) is 22.5. The average molecular weight is 633 g/mol. The van der Waals surface area contributed by atoms with E-state index in [1.807, 2.05) is 6.07 Å². The van der Waals surface area contributed by atoms with Gasteiger partial charge >= 0.3 is 12.4 Å². The molecule has 3 aromatic carbocycles. The van der Waals surface area contributed by atoms with Crippen molar-refractivity contribution < 1.29 is 31.1 Å². The number of methoxy groups -OCH3 is 1. The molecule has 3 fully saturated rings. The number of piperidine rings is 3. The minimum absolute atomic E-state index is 0.00144. The molecule has 3 aliphatic rings. The Balaban J connectivity index is 1.42. The molecule has 0 radical (unpaired) electrons. The third kappa shape index (κ3) is 5.73. The second-order valence-electron chi connectivity index (χ2n) is 11.7. The summed E-state index contributed by atoms with van der Waals surface area (Å²) >= 11 is 0. The standard InChI is InChI=1S/C32H30F6N4O3/c1-3-16-15-42-9-7-17(16)10-25(42)26(22-6-8-39-24-5-4-21(45-2)14-23(22)24)41-28-27(29(43)30(28)44)40-20-12-18(31(33,34)35)11-19(13-20)32(36,37)38/h4-6,8,11-14,16-17,25-26,40-41H,3,7,9-10,15H2,1-2H3/t16?,17?,25?,26-/m1/s1. The van der Waals surface area contributed by atoms with E-state index in [1.165, 1.54) is 7.11 Å². The van der Waals surface area contributed by atoms with Crippen molar-refractivity contribution in [3.8, 4) is 5.75 Å². The maximum Gasteiger partial charge on any atom is 0.416 e. The van der Waals surface area contributed by atoms with Crippen LogP contribution in [0.15, 0.2) is 58.3 Å². The Hall–Kier alpha value is -4.13. The third-order valence-electron chi connectivity index (χ3n) is 9.23. The van der Waals surface area contributed by atoms with Crippen LogP contribution in [0.1, 0.15) is 48.9 Å². The Kier molecular flexibility index (Phi) is 7.78. The van der Waals surface area contributed by atoms with Gasteiger partial charge in [-0.15, -0.1) is 0 Å². The molecule has 4 aromatic rings. The van der Waals surface area contributed by atoms with Gasteiger partial charge in [0.15, 0.2) is 0 Å². The van der Waals surface area contributed by atoms with Crippen LogP contribution in [0.4, 0.5) is 43.4 Å². The molecule has 0 spiro atoms. The maximum absolute atomic E-state index is 13.5. The van der Waals surface area contributed by atoms with Crippen LogP contribution >= 0.6 is 0 Å². The number of anilines is 3. The molecule has 5 atom stereocenters. The summed E-state index contributed by atoms with van der Waals surface area (Å²) in [6.07, 6.45) is -5.68. The Bertz CT molecular complexity index is 1780. The zero-order valence-corrected chi connectivity index (χ0v) is 24.4. The molecule has 0 amide bonds. The third-order valence-corrected chi connectivity index (χ3v) is 9.23. The van der Waals surface area contributed by atoms with Crippen molar-refractivity contribution >= 4 is 28.0 Å². The highest BCUT2D eigenvalue weighted by molar-refractivity contribution is 5.85. The number of nitrogens with zero attached hydrogens (tertiary/aromatic N) is 2. The average Bonchev–Trinajstić information content (AvgIpc) is 3.03. The van der Waals surface area contributed by atoms with Gasteiger partial charge in [-0.25, -0.2) is 0 Å². The number of nitrogens with one attached hydrogen (secondary N) is 2. The van der Waals surface area contributed by atoms with Crippen LogP contribution < -0.4 is 26.2 Å². The van der Waals surface area contributed by atoms with Crippen molar-refractivity contribution in [3.63, 3.8) is 0 Å². The lowest BCUT2D eigenvalue weighted by molar-refractivity contribution is -0.143. The van der Waals surface area contributed by atoms with Crippen LogP contribution in [-0.2, 0) is 12.4 Å². The van der Waals surface area contributed by atoms with E-state index < -0.39 is 51.8 Å². The molecule has 4 heterocycles. The molecule has 3 saturated heterocycles. The Morgan fingerprint density at radius 1 is 0.978 bits per heavy atom. The van der Waals surface area contributed by atoms with E-state index in [2.05, 4.69) is 27.4 Å². The molecule has 0 aliphatic carbocycles. The summed E-state index contributed by atoms with van der Waals surface area (Å²) in [5, 5.41) is 6.36. The highest BCUT2D eigenvalue weighted by Crippen LogP contribution is 2.45. The van der Waals surface area contributed by atoms with Gasteiger partial charge < -0.3 is 15.4 Å². The summed E-state index contributed by atoms with van der Waals surface area (Å²) in [7, 11) is 1.53. The lowest BCUT2D eigenvalue weighted by Crippen LogP contribution is -2.56. The first kappa shape index (κ1) is 30.9. The van der Waals surface area contributed by atoms with Crippen LogP contribution in [0.2, 0.25) is 0 Å². The van der Waals surface area contributed by atoms with Crippen molar-refractivity contribution in [2.45, 2.75) is 50.6 Å². The first-order chi connectivity index (χ1) is 21.3. The fourth-order valence-electron chi connectivity index (χ4n) is 6.89. The van der Waals surface area contributed by atoms with Gasteiger partial charge in [0.1, 0.15) is 17.1 Å². The van der Waals surface area contributed by atoms with E-state index in [0.29, 0.717) is 35.2 Å². The molecule has 7 nitrogen and oxygen atoms in total. The second-order valence-corrected chi connectivity index (χ2v) is 11.7. The fraction of sp³-hybridized carbons (Fsp3) is 0.406. The van der Waals surface area contributed by atoms with Crippen molar-refractivity contribution in [1.29, 1.82) is 0 Å². The number of ether oxygens (including phenoxy) is 1. The predicted molar refractivity (Wildman–Crippen MR) is 158 cm³/mol. The number of halogens is 6. The molecule has 0 saturated carbocycles. The Morgan fingerprint density at radius 2 is 1.67 bits per heavy atom. The predicted octanol–water partition coefficient (Wildman–Crippen LogP) is 6.89. The van der Waals surface area contributed by atoms with Crippen LogP contribution in [0.5, 0.6) is 5.75 Å². The van der Waals surface area contributed by atoms with Gasteiger partial charge in [-0.1, -0.05) is 13.3 Å². The van der Waals surface area contributed by atoms with Crippen LogP contribution in [0.3, 0.4) is 0 Å². The van der Waals surface area contributed by atoms with Gasteiger partial charge in [0.25, 0.3) is 10.9 Å². The molecule has 13 heteroatoms. The Morgan fingerprint density at radius 3 is 2.27 bits per heavy atom. The lowest BCUT2D eigenvalue weighted by Gasteiger charge is -2.52. The van der Waals surface area contributed by atoms with Crippen LogP contribution in [0.25, 0.3) is 10.9 Å². The molecule has 3 aliphatic heterocycles. The summed E-state index contributed by atoms with van der Waals surface area (Å²) in [5.74, 6) is 1.53. The fourth-order valence-corrected chi connectivity index (χ4v) is 6.89. The van der Waals surface area contributed by atoms with Gasteiger partial charge in [-0.3, -0.25) is 19.5 Å². The van der Waals surface area contributed by atoms with E-state index in [1.54, 1.807) is 24.4 Å². The van der Waals surface area contributed by atoms with Crippen LogP contribution in [-0.4, -0.2) is 36.1 Å². The van der Waals surface area contributed by atoms with E-state index in [4.69, 9.17) is 4.74 Å². The number of rotatable bonds is 8. The molecule has 2 bridgehead atoms. The quantitative estimate of drug-likeness (QED) is 0.162. The minimum atomic E-state index is -5.08. The Labute approximate surface area is 253 Å². The van der Waals surface area contributed by atoms with E-state index >= 15 is 0 Å². The molecule has 2 N–H and O–H groups in total. The zero-order chi connectivity index (χ0) is 32.3. The van der Waals surface area contributed by atoms with E-state index in [9.17, 15) is 35.9 Å². The maximum atomic E-state index is 13.5. The lowest BCUT2D eigenvalue weighted by atomic mass is 9.72. The van der Waals surface area contributed by atoms with E-state index in [-0.39, 0.29) is 17.8 Å². The van der Waals surface area contributed by atoms with Crippen molar-refractivity contribution in [3.05, 3.63) is 85.8 Å². The molecule has 1 aromatic heterocycles. The zero-order valence-electron chi connectivity index (χ0n) is 24.4. The topological polar surface area (TPSA) is 83.6 Å². The van der Waals surface area contributed by atoms with Gasteiger partial charge in [0.2, 0.25) is 0 Å². The second kappa shape index (κ2) is 11.3. The first-order valence-electron chi connectivity index (χ1n) is 14.6. The molecular formula is C32H30F6N4O3. The number of alkyl halides is 6. The molecule has 238 valence electrons. The summed E-state index contributed by atoms with van der Waals surface area (Å²) < 4.78 is 86.4. The molecule has 4 unspecified atom stereocenters. The van der Waals surface area contributed by atoms with Crippen molar-refractivity contribution in [2.24, 2.45) is 11.8 Å². The summed E-state index contributed by atoms with van der Waals surface area (Å²) in [5.41, 5.74) is -4.82. The smallest absolute Gasteiger partial charge is 0.416 e. The number of benzene rings is 2. The summed E-state index contributed by atoms with van der Waals surface area (Å²) in [6, 6.07) is 7.46. The highest BCUT2D eigenvalue weighted by atomic mass is 19.4. The number of hydrogen-bond acceptors (Lipinski definition) is 7. The molecule has 45 heavy (non-hydrogen) atoms. The number of pyridine rings is 1. The van der Waals surface area contributed by atoms with Gasteiger partial charge in [-0.2, -0.15) is 26.3 Å². The minimum Gasteiger partial charge on any atom is -0.497 e. The van der Waals surface area contributed by atoms with Gasteiger partial charge in [-0.05, 0) is 79.3 Å². The van der Waals surface area contributed by atoms with Crippen LogP contribution in [0, 0.1) is 11.8 Å². The number of hydrogen-bond donors (Lipinski definition) is 2. The SMILES string of the molecule is CCC1CN2CCC1CC2[C@H](Nc1c(Nc2cc(C(F)(F)F)cc(C(F)(F)F)c2)c(=O)c1=O)c1ccnc2ccc(OC)cc12. The van der Waals surface area contributed by atoms with Crippen molar-refractivity contribution in [2.75, 3.05) is 30.8 Å². The van der Waals surface area contributed by atoms with Gasteiger partial charge in [0, 0.05) is 29.9 Å². The molecular weight excluding hydrogens is 602 g/mol. The van der Waals surface area contributed by atoms with Crippen molar-refractivity contribution in [1.82, 2.24) is 9.88 Å². The highest BCUT2D eigenvalue weighted by Gasteiger charge is 2.44. The molecule has 7 rings (SSSR count). The largest absolute Gasteiger partial charge is 0.497 e. The summed E-state index contributed by atoms with van der Waals surface area (Å²) in [6.45, 7) is 3.83. The van der Waals surface area contributed by atoms with Gasteiger partial charge in [0.05, 0.1) is 29.8 Å². The number of fused-ring (bicyclic) bond motifs is 4.